The molecule has 1 saturated carbocycles. The van der Waals surface area contributed by atoms with E-state index in [0.29, 0.717) is 23.9 Å². The summed E-state index contributed by atoms with van der Waals surface area (Å²) in [6.45, 7) is 0. The molecular weight excluding hydrogens is 310 g/mol. The fourth-order valence-electron chi connectivity index (χ4n) is 3.43. The minimum atomic E-state index is -1.06. The highest BCUT2D eigenvalue weighted by atomic mass is 16.2. The molecule has 1 spiro atoms. The maximum Gasteiger partial charge on any atom is 0.322 e. The molecule has 2 atom stereocenters. The Kier molecular flexibility index (Phi) is 3.19. The molecule has 2 heterocycles. The standard InChI is InChI=1S/C16H15N5O3/c22-13(11-8-17-9-4-1-2-5-10(9)18-11)19-12-6-3-7-16(12)14(23)20-15(24)21-16/h1-2,4-5,8,12H,3,6-7H2,(H,19,22)(H2,20,21,23,24). The largest absolute Gasteiger partial charge is 0.345 e. The average Bonchev–Trinajstić information content (AvgIpc) is 3.10. The van der Waals surface area contributed by atoms with Crippen molar-refractivity contribution in [3.05, 3.63) is 36.2 Å². The minimum absolute atomic E-state index is 0.181. The summed E-state index contributed by atoms with van der Waals surface area (Å²) in [5.74, 6) is -0.798. The highest BCUT2D eigenvalue weighted by Gasteiger charge is 2.55. The Morgan fingerprint density at radius 3 is 2.79 bits per heavy atom. The van der Waals surface area contributed by atoms with Gasteiger partial charge in [-0.15, -0.1) is 0 Å². The van der Waals surface area contributed by atoms with E-state index in [1.54, 1.807) is 6.07 Å². The summed E-state index contributed by atoms with van der Waals surface area (Å²) in [5.41, 5.74) is 0.448. The van der Waals surface area contributed by atoms with Crippen LogP contribution in [0.15, 0.2) is 30.5 Å². The van der Waals surface area contributed by atoms with Crippen LogP contribution in [-0.4, -0.2) is 39.4 Å². The molecule has 24 heavy (non-hydrogen) atoms. The van der Waals surface area contributed by atoms with E-state index < -0.39 is 23.5 Å². The van der Waals surface area contributed by atoms with Crippen LogP contribution in [-0.2, 0) is 4.79 Å². The number of aromatic nitrogens is 2. The van der Waals surface area contributed by atoms with Crippen molar-refractivity contribution < 1.29 is 14.4 Å². The summed E-state index contributed by atoms with van der Waals surface area (Å²) in [7, 11) is 0. The zero-order valence-electron chi connectivity index (χ0n) is 12.7. The second-order valence-electron chi connectivity index (χ2n) is 6.04. The van der Waals surface area contributed by atoms with Crippen molar-refractivity contribution in [2.75, 3.05) is 0 Å². The first-order chi connectivity index (χ1) is 11.6. The van der Waals surface area contributed by atoms with Gasteiger partial charge in [0, 0.05) is 0 Å². The van der Waals surface area contributed by atoms with Gasteiger partial charge in [0.15, 0.2) is 0 Å². The molecule has 8 nitrogen and oxygen atoms in total. The second kappa shape index (κ2) is 5.26. The SMILES string of the molecule is O=C1NC(=O)C2(CCCC2NC(=O)c2cnc3ccccc3n2)N1. The van der Waals surface area contributed by atoms with Crippen LogP contribution in [0.3, 0.4) is 0 Å². The molecule has 4 amide bonds. The Labute approximate surface area is 137 Å². The Balaban J connectivity index is 1.58. The quantitative estimate of drug-likeness (QED) is 0.696. The smallest absolute Gasteiger partial charge is 0.322 e. The first-order valence-corrected chi connectivity index (χ1v) is 7.75. The summed E-state index contributed by atoms with van der Waals surface area (Å²) in [5, 5.41) is 7.74. The van der Waals surface area contributed by atoms with Crippen LogP contribution < -0.4 is 16.0 Å². The number of imide groups is 1. The van der Waals surface area contributed by atoms with Crippen LogP contribution in [0.4, 0.5) is 4.79 Å². The third-order valence-electron chi connectivity index (χ3n) is 4.61. The van der Waals surface area contributed by atoms with Crippen molar-refractivity contribution in [3.63, 3.8) is 0 Å². The first-order valence-electron chi connectivity index (χ1n) is 7.75. The van der Waals surface area contributed by atoms with Crippen molar-refractivity contribution in [2.45, 2.75) is 30.8 Å². The normalized spacial score (nSPS) is 25.8. The third kappa shape index (κ3) is 2.18. The van der Waals surface area contributed by atoms with Crippen molar-refractivity contribution in [1.29, 1.82) is 0 Å². The third-order valence-corrected chi connectivity index (χ3v) is 4.61. The van der Waals surface area contributed by atoms with Gasteiger partial charge < -0.3 is 10.6 Å². The fourth-order valence-corrected chi connectivity index (χ4v) is 3.43. The molecule has 1 aromatic carbocycles. The van der Waals surface area contributed by atoms with E-state index in [4.69, 9.17) is 0 Å². The van der Waals surface area contributed by atoms with Crippen LogP contribution in [0.2, 0.25) is 0 Å². The molecule has 2 aromatic rings. The topological polar surface area (TPSA) is 113 Å². The molecule has 3 N–H and O–H groups in total. The lowest BCUT2D eigenvalue weighted by Crippen LogP contribution is -2.59. The molecule has 1 saturated heterocycles. The number of rotatable bonds is 2. The number of urea groups is 1. The summed E-state index contributed by atoms with van der Waals surface area (Å²) in [6, 6.07) is 6.27. The van der Waals surface area contributed by atoms with E-state index >= 15 is 0 Å². The van der Waals surface area contributed by atoms with Crippen LogP contribution in [0.5, 0.6) is 0 Å². The van der Waals surface area contributed by atoms with Gasteiger partial charge in [-0.25, -0.2) is 9.78 Å². The van der Waals surface area contributed by atoms with Gasteiger partial charge in [-0.2, -0.15) is 0 Å². The second-order valence-corrected chi connectivity index (χ2v) is 6.04. The molecular formula is C16H15N5O3. The number of hydrogen-bond donors (Lipinski definition) is 3. The summed E-state index contributed by atoms with van der Waals surface area (Å²) in [4.78, 5) is 44.7. The average molecular weight is 325 g/mol. The molecule has 1 aliphatic heterocycles. The number of hydrogen-bond acceptors (Lipinski definition) is 5. The van der Waals surface area contributed by atoms with Gasteiger partial charge in [-0.3, -0.25) is 19.9 Å². The number of amides is 4. The molecule has 2 aliphatic rings. The number of benzene rings is 1. The number of para-hydroxylation sites is 2. The van der Waals surface area contributed by atoms with E-state index in [9.17, 15) is 14.4 Å². The molecule has 0 bridgehead atoms. The van der Waals surface area contributed by atoms with Gasteiger partial charge in [0.2, 0.25) is 0 Å². The van der Waals surface area contributed by atoms with Gasteiger partial charge in [-0.05, 0) is 31.4 Å². The Bertz CT molecular complexity index is 868. The van der Waals surface area contributed by atoms with Gasteiger partial charge in [0.1, 0.15) is 11.2 Å². The molecule has 1 aliphatic carbocycles. The molecule has 4 rings (SSSR count). The lowest BCUT2D eigenvalue weighted by atomic mass is 9.93. The molecule has 2 unspecified atom stereocenters. The predicted octanol–water partition coefficient (Wildman–Crippen LogP) is 0.490. The summed E-state index contributed by atoms with van der Waals surface area (Å²) in [6.07, 6.45) is 3.26. The van der Waals surface area contributed by atoms with Crippen molar-refractivity contribution >= 4 is 28.9 Å². The van der Waals surface area contributed by atoms with Crippen LogP contribution in [0.25, 0.3) is 11.0 Å². The maximum atomic E-state index is 12.5. The van der Waals surface area contributed by atoms with Crippen LogP contribution >= 0.6 is 0 Å². The van der Waals surface area contributed by atoms with Crippen molar-refractivity contribution in [1.82, 2.24) is 25.9 Å². The molecule has 122 valence electrons. The minimum Gasteiger partial charge on any atom is -0.345 e. The summed E-state index contributed by atoms with van der Waals surface area (Å²) < 4.78 is 0. The molecule has 8 heteroatoms. The zero-order valence-corrected chi connectivity index (χ0v) is 12.7. The van der Waals surface area contributed by atoms with E-state index in [-0.39, 0.29) is 11.6 Å². The maximum absolute atomic E-state index is 12.5. The number of carbonyl (C=O) groups is 3. The highest BCUT2D eigenvalue weighted by Crippen LogP contribution is 2.32. The number of nitrogens with zero attached hydrogens (tertiary/aromatic N) is 2. The van der Waals surface area contributed by atoms with Gasteiger partial charge in [-0.1, -0.05) is 12.1 Å². The highest BCUT2D eigenvalue weighted by molar-refractivity contribution is 6.08. The van der Waals surface area contributed by atoms with E-state index in [1.165, 1.54) is 6.20 Å². The van der Waals surface area contributed by atoms with Crippen LogP contribution in [0.1, 0.15) is 29.8 Å². The first kappa shape index (κ1) is 14.6. The summed E-state index contributed by atoms with van der Waals surface area (Å²) >= 11 is 0. The lowest BCUT2D eigenvalue weighted by Gasteiger charge is -2.28. The fraction of sp³-hybridized carbons (Fsp3) is 0.312. The van der Waals surface area contributed by atoms with Gasteiger partial charge in [0.05, 0.1) is 23.3 Å². The Morgan fingerprint density at radius 1 is 1.25 bits per heavy atom. The number of nitrogens with one attached hydrogen (secondary N) is 3. The molecule has 1 aromatic heterocycles. The predicted molar refractivity (Wildman–Crippen MR) is 84.0 cm³/mol. The number of carbonyl (C=O) groups excluding carboxylic acids is 3. The molecule has 2 fully saturated rings. The monoisotopic (exact) mass is 325 g/mol. The number of fused-ring (bicyclic) bond motifs is 1. The van der Waals surface area contributed by atoms with E-state index in [1.807, 2.05) is 18.2 Å². The van der Waals surface area contributed by atoms with E-state index in [2.05, 4.69) is 25.9 Å². The Hall–Kier alpha value is -3.03. The van der Waals surface area contributed by atoms with Gasteiger partial charge >= 0.3 is 6.03 Å². The lowest BCUT2D eigenvalue weighted by molar-refractivity contribution is -0.124. The van der Waals surface area contributed by atoms with Crippen molar-refractivity contribution in [2.24, 2.45) is 0 Å². The zero-order chi connectivity index (χ0) is 16.7. The van der Waals surface area contributed by atoms with Crippen LogP contribution in [0, 0.1) is 0 Å². The van der Waals surface area contributed by atoms with Gasteiger partial charge in [0.25, 0.3) is 11.8 Å². The van der Waals surface area contributed by atoms with Crippen molar-refractivity contribution in [3.8, 4) is 0 Å². The Morgan fingerprint density at radius 2 is 2.04 bits per heavy atom. The van der Waals surface area contributed by atoms with E-state index in [0.717, 1.165) is 6.42 Å². The molecule has 0 radical (unpaired) electrons.